The third-order valence-electron chi connectivity index (χ3n) is 4.26. The Morgan fingerprint density at radius 2 is 1.90 bits per heavy atom. The first-order valence-corrected chi connectivity index (χ1v) is 10.0. The van der Waals surface area contributed by atoms with Crippen molar-refractivity contribution in [3.05, 3.63) is 29.8 Å². The van der Waals surface area contributed by atoms with Crippen LogP contribution in [-0.4, -0.2) is 75.2 Å². The predicted octanol–water partition coefficient (Wildman–Crippen LogP) is 2.99. The minimum atomic E-state index is 0. The molecule has 0 aromatic heterocycles. The molecule has 0 aliphatic carbocycles. The van der Waals surface area contributed by atoms with Crippen molar-refractivity contribution in [1.29, 1.82) is 0 Å². The number of aliphatic imine (C=N–C) groups is 1. The zero-order chi connectivity index (χ0) is 20.8. The number of nitrogens with zero attached hydrogens (tertiary/aromatic N) is 3. The molecular formula is C21H37IN4O3. The maximum atomic E-state index is 12.4. The van der Waals surface area contributed by atoms with E-state index in [2.05, 4.69) is 10.3 Å². The van der Waals surface area contributed by atoms with Gasteiger partial charge in [-0.2, -0.15) is 0 Å². The Hall–Kier alpha value is -1.55. The predicted molar refractivity (Wildman–Crippen MR) is 129 cm³/mol. The molecule has 8 heteroatoms. The summed E-state index contributed by atoms with van der Waals surface area (Å²) in [5.74, 6) is 1.65. The third-order valence-corrected chi connectivity index (χ3v) is 4.26. The van der Waals surface area contributed by atoms with Crippen molar-refractivity contribution in [2.45, 2.75) is 33.7 Å². The highest BCUT2D eigenvalue weighted by Gasteiger charge is 2.15. The average Bonchev–Trinajstić information content (AvgIpc) is 2.69. The number of hydrogen-bond donors (Lipinski definition) is 1. The van der Waals surface area contributed by atoms with Crippen LogP contribution < -0.4 is 10.1 Å². The number of benzene rings is 1. The fourth-order valence-corrected chi connectivity index (χ4v) is 2.72. The first-order chi connectivity index (χ1) is 13.5. The molecule has 7 nitrogen and oxygen atoms in total. The summed E-state index contributed by atoms with van der Waals surface area (Å²) in [7, 11) is 3.57. The molecule has 1 N–H and O–H groups in total. The van der Waals surface area contributed by atoms with Gasteiger partial charge in [-0.05, 0) is 38.5 Å². The summed E-state index contributed by atoms with van der Waals surface area (Å²) >= 11 is 0. The van der Waals surface area contributed by atoms with Gasteiger partial charge in [-0.25, -0.2) is 4.99 Å². The second kappa shape index (κ2) is 16.3. The monoisotopic (exact) mass is 520 g/mol. The van der Waals surface area contributed by atoms with Crippen molar-refractivity contribution in [3.63, 3.8) is 0 Å². The Bertz CT molecular complexity index is 609. The summed E-state index contributed by atoms with van der Waals surface area (Å²) in [5.41, 5.74) is 1.06. The molecule has 1 rings (SSSR count). The minimum Gasteiger partial charge on any atom is -0.493 e. The van der Waals surface area contributed by atoms with Crippen LogP contribution in [0.15, 0.2) is 29.3 Å². The van der Waals surface area contributed by atoms with E-state index in [-0.39, 0.29) is 29.9 Å². The average molecular weight is 520 g/mol. The van der Waals surface area contributed by atoms with E-state index < -0.39 is 0 Å². The summed E-state index contributed by atoms with van der Waals surface area (Å²) in [4.78, 5) is 20.7. The molecule has 0 spiro atoms. The lowest BCUT2D eigenvalue weighted by Crippen LogP contribution is -2.45. The molecule has 0 unspecified atom stereocenters. The van der Waals surface area contributed by atoms with Gasteiger partial charge in [0.15, 0.2) is 5.96 Å². The second-order valence-corrected chi connectivity index (χ2v) is 6.43. The number of carbonyl (C=O) groups is 1. The van der Waals surface area contributed by atoms with E-state index in [1.165, 1.54) is 0 Å². The molecule has 29 heavy (non-hydrogen) atoms. The van der Waals surface area contributed by atoms with Crippen molar-refractivity contribution in [3.8, 4) is 5.75 Å². The molecule has 0 bridgehead atoms. The van der Waals surface area contributed by atoms with Crippen LogP contribution in [0.25, 0.3) is 0 Å². The Labute approximate surface area is 192 Å². The van der Waals surface area contributed by atoms with Crippen LogP contribution in [0, 0.1) is 0 Å². The normalized spacial score (nSPS) is 10.9. The molecule has 166 valence electrons. The van der Waals surface area contributed by atoms with Crippen molar-refractivity contribution in [2.24, 2.45) is 4.99 Å². The lowest BCUT2D eigenvalue weighted by atomic mass is 10.2. The summed E-state index contributed by atoms with van der Waals surface area (Å²) in [6.45, 7) is 10.3. The molecule has 1 amide bonds. The van der Waals surface area contributed by atoms with Crippen LogP contribution in [0.2, 0.25) is 0 Å². The van der Waals surface area contributed by atoms with Crippen LogP contribution in [0.5, 0.6) is 5.75 Å². The maximum Gasteiger partial charge on any atom is 0.242 e. The van der Waals surface area contributed by atoms with Crippen LogP contribution in [0.1, 0.15) is 32.8 Å². The second-order valence-electron chi connectivity index (χ2n) is 6.43. The standard InChI is InChI=1S/C21H36N4O3.HI/c1-6-22-21(24(4)17-20(26)25(7-2)8-3)23-16-18-11-9-12-19(15-18)28-14-10-13-27-5;/h9,11-12,15H,6-8,10,13-14,16-17H2,1-5H3,(H,22,23);1H. The molecule has 0 saturated carbocycles. The number of halogens is 1. The van der Waals surface area contributed by atoms with Crippen LogP contribution in [0.4, 0.5) is 0 Å². The van der Waals surface area contributed by atoms with Crippen LogP contribution in [-0.2, 0) is 16.1 Å². The number of rotatable bonds is 12. The highest BCUT2D eigenvalue weighted by Crippen LogP contribution is 2.14. The number of ether oxygens (including phenoxy) is 2. The van der Waals surface area contributed by atoms with Gasteiger partial charge in [0.2, 0.25) is 5.91 Å². The van der Waals surface area contributed by atoms with Gasteiger partial charge in [-0.1, -0.05) is 12.1 Å². The van der Waals surface area contributed by atoms with E-state index in [9.17, 15) is 4.79 Å². The zero-order valence-corrected chi connectivity index (χ0v) is 20.8. The summed E-state index contributed by atoms with van der Waals surface area (Å²) < 4.78 is 10.8. The first-order valence-electron chi connectivity index (χ1n) is 10.0. The van der Waals surface area contributed by atoms with Crippen molar-refractivity contribution >= 4 is 35.8 Å². The summed E-state index contributed by atoms with van der Waals surface area (Å²) in [5, 5.41) is 3.26. The van der Waals surface area contributed by atoms with Crippen molar-refractivity contribution in [1.82, 2.24) is 15.1 Å². The highest BCUT2D eigenvalue weighted by atomic mass is 127. The topological polar surface area (TPSA) is 66.4 Å². The highest BCUT2D eigenvalue weighted by molar-refractivity contribution is 14.0. The maximum absolute atomic E-state index is 12.4. The van der Waals surface area contributed by atoms with Gasteiger partial charge in [-0.3, -0.25) is 4.79 Å². The fraction of sp³-hybridized carbons (Fsp3) is 0.619. The Morgan fingerprint density at radius 3 is 2.52 bits per heavy atom. The van der Waals surface area contributed by atoms with Gasteiger partial charge in [0.25, 0.3) is 0 Å². The lowest BCUT2D eigenvalue weighted by Gasteiger charge is -2.25. The van der Waals surface area contributed by atoms with Gasteiger partial charge in [0.05, 0.1) is 19.7 Å². The lowest BCUT2D eigenvalue weighted by molar-refractivity contribution is -0.131. The zero-order valence-electron chi connectivity index (χ0n) is 18.4. The number of hydrogen-bond acceptors (Lipinski definition) is 4. The SMILES string of the molecule is CCNC(=NCc1cccc(OCCCOC)c1)N(C)CC(=O)N(CC)CC.I. The number of likely N-dealkylation sites (N-methyl/N-ethyl adjacent to an activating group) is 2. The molecule has 0 saturated heterocycles. The molecule has 0 radical (unpaired) electrons. The molecule has 0 fully saturated rings. The molecular weight excluding hydrogens is 483 g/mol. The largest absolute Gasteiger partial charge is 0.493 e. The number of carbonyl (C=O) groups excluding carboxylic acids is 1. The van der Waals surface area contributed by atoms with Gasteiger partial charge < -0.3 is 24.6 Å². The minimum absolute atomic E-state index is 0. The molecule has 1 aromatic rings. The summed E-state index contributed by atoms with van der Waals surface area (Å²) in [6.07, 6.45) is 0.856. The molecule has 0 aliphatic heterocycles. The van der Waals surface area contributed by atoms with Crippen LogP contribution in [0.3, 0.4) is 0 Å². The van der Waals surface area contributed by atoms with Crippen molar-refractivity contribution in [2.75, 3.05) is 53.6 Å². The van der Waals surface area contributed by atoms with E-state index in [1.54, 1.807) is 7.11 Å². The number of guanidine groups is 1. The van der Waals surface area contributed by atoms with Crippen LogP contribution >= 0.6 is 24.0 Å². The van der Waals surface area contributed by atoms with E-state index in [0.29, 0.717) is 39.4 Å². The number of methoxy groups -OCH3 is 1. The third kappa shape index (κ3) is 10.7. The molecule has 0 atom stereocenters. The van der Waals surface area contributed by atoms with E-state index in [4.69, 9.17) is 9.47 Å². The Morgan fingerprint density at radius 1 is 1.17 bits per heavy atom. The smallest absolute Gasteiger partial charge is 0.242 e. The molecule has 0 heterocycles. The first kappa shape index (κ1) is 27.5. The molecule has 0 aliphatic rings. The number of amides is 1. The Balaban J connectivity index is 0.00000784. The van der Waals surface area contributed by atoms with E-state index >= 15 is 0 Å². The van der Waals surface area contributed by atoms with Gasteiger partial charge in [-0.15, -0.1) is 24.0 Å². The van der Waals surface area contributed by atoms with E-state index in [0.717, 1.165) is 30.2 Å². The van der Waals surface area contributed by atoms with Crippen molar-refractivity contribution < 1.29 is 14.3 Å². The van der Waals surface area contributed by atoms with Gasteiger partial charge >= 0.3 is 0 Å². The van der Waals surface area contributed by atoms with Gasteiger partial charge in [0.1, 0.15) is 5.75 Å². The Kier molecular flexibility index (Phi) is 15.4. The quantitative estimate of drug-likeness (QED) is 0.199. The summed E-state index contributed by atoms with van der Waals surface area (Å²) in [6, 6.07) is 7.94. The molecule has 1 aromatic carbocycles. The van der Waals surface area contributed by atoms with E-state index in [1.807, 2.05) is 61.9 Å². The fourth-order valence-electron chi connectivity index (χ4n) is 2.72. The number of nitrogens with one attached hydrogen (secondary N) is 1. The van der Waals surface area contributed by atoms with Gasteiger partial charge in [0, 0.05) is 46.8 Å².